The smallest absolute Gasteiger partial charge is 0.274 e. The third kappa shape index (κ3) is 3.29. The van der Waals surface area contributed by atoms with Gasteiger partial charge in [0.15, 0.2) is 5.82 Å². The van der Waals surface area contributed by atoms with E-state index in [0.717, 1.165) is 28.6 Å². The van der Waals surface area contributed by atoms with Crippen molar-refractivity contribution in [3.05, 3.63) is 49.7 Å². The van der Waals surface area contributed by atoms with Gasteiger partial charge in [-0.2, -0.15) is 0 Å². The fourth-order valence-electron chi connectivity index (χ4n) is 1.66. The summed E-state index contributed by atoms with van der Waals surface area (Å²) in [6.07, 6.45) is 2.80. The molecule has 90 valence electrons. The summed E-state index contributed by atoms with van der Waals surface area (Å²) >= 11 is 2.14. The van der Waals surface area contributed by atoms with Crippen molar-refractivity contribution in [3.63, 3.8) is 0 Å². The highest BCUT2D eigenvalue weighted by Crippen LogP contribution is 2.13. The van der Waals surface area contributed by atoms with Gasteiger partial charge < -0.3 is 10.2 Å². The Bertz CT molecular complexity index is 446. The summed E-state index contributed by atoms with van der Waals surface area (Å²) in [5.41, 5.74) is 1.04. The van der Waals surface area contributed by atoms with E-state index in [-0.39, 0.29) is 0 Å². The van der Waals surface area contributed by atoms with Gasteiger partial charge in [0.1, 0.15) is 3.70 Å². The Morgan fingerprint density at radius 1 is 1.65 bits per heavy atom. The molecule has 1 N–H and O–H groups in total. The number of pyridine rings is 1. The van der Waals surface area contributed by atoms with Crippen LogP contribution < -0.4 is 5.32 Å². The largest absolute Gasteiger partial charge is 0.365 e. The lowest BCUT2D eigenvalue weighted by atomic mass is 10.3. The Morgan fingerprint density at radius 2 is 2.47 bits per heavy atom. The number of hydrogen-bond acceptors (Lipinski definition) is 5. The van der Waals surface area contributed by atoms with Crippen LogP contribution in [-0.4, -0.2) is 27.9 Å². The number of nitrogens with one attached hydrogen (secondary N) is 1. The van der Waals surface area contributed by atoms with E-state index >= 15 is 0 Å². The third-order valence-electron chi connectivity index (χ3n) is 2.42. The van der Waals surface area contributed by atoms with Crippen molar-refractivity contribution in [2.24, 2.45) is 0 Å². The van der Waals surface area contributed by atoms with Gasteiger partial charge >= 0.3 is 0 Å². The molecule has 2 rings (SSSR count). The molecular weight excluding hydrogens is 335 g/mol. The first-order valence-electron chi connectivity index (χ1n) is 5.10. The van der Waals surface area contributed by atoms with Gasteiger partial charge in [-0.25, -0.2) is 4.98 Å². The molecule has 1 fully saturated rings. The van der Waals surface area contributed by atoms with Gasteiger partial charge in [0, 0.05) is 25.8 Å². The topological polar surface area (TPSA) is 71.3 Å². The number of aromatic nitrogens is 1. The summed E-state index contributed by atoms with van der Waals surface area (Å²) in [6, 6.07) is 3.91. The van der Waals surface area contributed by atoms with Crippen molar-refractivity contribution >= 4 is 22.6 Å². The average Bonchev–Trinajstić information content (AvgIpc) is 2.68. The molecule has 1 aliphatic heterocycles. The fourth-order valence-corrected chi connectivity index (χ4v) is 1.98. The molecular formula is C10H11IN4O2. The van der Waals surface area contributed by atoms with Crippen molar-refractivity contribution in [2.75, 3.05) is 13.1 Å². The lowest BCUT2D eigenvalue weighted by Crippen LogP contribution is -2.20. The van der Waals surface area contributed by atoms with Crippen LogP contribution >= 0.6 is 22.6 Å². The van der Waals surface area contributed by atoms with Crippen molar-refractivity contribution in [1.29, 1.82) is 0 Å². The van der Waals surface area contributed by atoms with Crippen molar-refractivity contribution in [1.82, 2.24) is 15.2 Å². The molecule has 0 spiro atoms. The SMILES string of the molecule is O=[N+]([O-])/C=C1/NCCN1Cc1ccc(I)nc1. The third-order valence-corrected chi connectivity index (χ3v) is 3.06. The molecule has 0 aromatic carbocycles. The van der Waals surface area contributed by atoms with Gasteiger partial charge in [-0.3, -0.25) is 10.1 Å². The molecule has 0 aliphatic carbocycles. The van der Waals surface area contributed by atoms with E-state index < -0.39 is 4.92 Å². The fraction of sp³-hybridized carbons (Fsp3) is 0.300. The van der Waals surface area contributed by atoms with Crippen LogP contribution in [0.2, 0.25) is 0 Å². The van der Waals surface area contributed by atoms with Crippen molar-refractivity contribution in [2.45, 2.75) is 6.54 Å². The second-order valence-electron chi connectivity index (χ2n) is 3.64. The molecule has 0 atom stereocenters. The molecule has 0 unspecified atom stereocenters. The molecule has 7 heteroatoms. The minimum absolute atomic E-state index is 0.438. The highest BCUT2D eigenvalue weighted by Gasteiger charge is 2.19. The Balaban J connectivity index is 2.07. The normalized spacial score (nSPS) is 17.2. The molecule has 6 nitrogen and oxygen atoms in total. The number of hydrogen-bond donors (Lipinski definition) is 1. The van der Waals surface area contributed by atoms with Crippen molar-refractivity contribution < 1.29 is 4.92 Å². The molecule has 1 aromatic rings. The molecule has 0 amide bonds. The van der Waals surface area contributed by atoms with Crippen LogP contribution in [0.5, 0.6) is 0 Å². The van der Waals surface area contributed by atoms with E-state index in [9.17, 15) is 10.1 Å². The van der Waals surface area contributed by atoms with Crippen LogP contribution in [-0.2, 0) is 6.54 Å². The highest BCUT2D eigenvalue weighted by atomic mass is 127. The van der Waals surface area contributed by atoms with Gasteiger partial charge in [0.05, 0.1) is 4.92 Å². The standard InChI is InChI=1S/C10H11IN4O2/c11-9-2-1-8(5-13-9)6-14-4-3-12-10(14)7-15(16)17/h1-2,5,7,12H,3-4,6H2/b10-7-. The molecule has 0 radical (unpaired) electrons. The molecule has 1 aliphatic rings. The van der Waals surface area contributed by atoms with Crippen molar-refractivity contribution in [3.8, 4) is 0 Å². The summed E-state index contributed by atoms with van der Waals surface area (Å²) in [5.74, 6) is 0.563. The second-order valence-corrected chi connectivity index (χ2v) is 4.74. The summed E-state index contributed by atoms with van der Waals surface area (Å²) in [7, 11) is 0. The molecule has 1 saturated heterocycles. The monoisotopic (exact) mass is 346 g/mol. The molecule has 0 bridgehead atoms. The van der Waals surface area contributed by atoms with Crippen LogP contribution in [0, 0.1) is 13.8 Å². The van der Waals surface area contributed by atoms with Crippen LogP contribution in [0.1, 0.15) is 5.56 Å². The lowest BCUT2D eigenvalue weighted by molar-refractivity contribution is -0.404. The van der Waals surface area contributed by atoms with Crippen LogP contribution in [0.4, 0.5) is 0 Å². The summed E-state index contributed by atoms with van der Waals surface area (Å²) in [5, 5.41) is 13.4. The minimum atomic E-state index is -0.438. The second kappa shape index (κ2) is 5.30. The molecule has 17 heavy (non-hydrogen) atoms. The Hall–Kier alpha value is -1.38. The Morgan fingerprint density at radius 3 is 3.12 bits per heavy atom. The number of rotatable bonds is 3. The Labute approximate surface area is 112 Å². The highest BCUT2D eigenvalue weighted by molar-refractivity contribution is 14.1. The van der Waals surface area contributed by atoms with E-state index in [1.165, 1.54) is 0 Å². The van der Waals surface area contributed by atoms with Crippen LogP contribution in [0.3, 0.4) is 0 Å². The van der Waals surface area contributed by atoms with Crippen LogP contribution in [0.15, 0.2) is 30.4 Å². The number of halogens is 1. The summed E-state index contributed by atoms with van der Waals surface area (Å²) < 4.78 is 0.937. The lowest BCUT2D eigenvalue weighted by Gasteiger charge is -2.16. The molecule has 1 aromatic heterocycles. The maximum absolute atomic E-state index is 10.4. The zero-order valence-electron chi connectivity index (χ0n) is 8.97. The summed E-state index contributed by atoms with van der Waals surface area (Å²) in [4.78, 5) is 16.1. The first kappa shape index (κ1) is 12.1. The zero-order chi connectivity index (χ0) is 12.3. The van der Waals surface area contributed by atoms with Gasteiger partial charge in [-0.15, -0.1) is 0 Å². The molecule has 0 saturated carbocycles. The Kier molecular flexibility index (Phi) is 3.77. The zero-order valence-corrected chi connectivity index (χ0v) is 11.1. The number of nitrogens with zero attached hydrogens (tertiary/aromatic N) is 3. The predicted octanol–water partition coefficient (Wildman–Crippen LogP) is 1.17. The van der Waals surface area contributed by atoms with Gasteiger partial charge in [0.25, 0.3) is 6.20 Å². The van der Waals surface area contributed by atoms with Gasteiger partial charge in [-0.1, -0.05) is 6.07 Å². The van der Waals surface area contributed by atoms with E-state index in [0.29, 0.717) is 12.4 Å². The van der Waals surface area contributed by atoms with E-state index in [2.05, 4.69) is 32.9 Å². The van der Waals surface area contributed by atoms with Gasteiger partial charge in [0.2, 0.25) is 0 Å². The predicted molar refractivity (Wildman–Crippen MR) is 70.4 cm³/mol. The first-order chi connectivity index (χ1) is 8.15. The first-order valence-corrected chi connectivity index (χ1v) is 6.17. The maximum atomic E-state index is 10.4. The maximum Gasteiger partial charge on any atom is 0.274 e. The minimum Gasteiger partial charge on any atom is -0.365 e. The molecule has 2 heterocycles. The average molecular weight is 346 g/mol. The summed E-state index contributed by atoms with van der Waals surface area (Å²) in [6.45, 7) is 2.14. The van der Waals surface area contributed by atoms with Crippen LogP contribution in [0.25, 0.3) is 0 Å². The number of nitro groups is 1. The van der Waals surface area contributed by atoms with E-state index in [4.69, 9.17) is 0 Å². The van der Waals surface area contributed by atoms with E-state index in [1.54, 1.807) is 6.20 Å². The quantitative estimate of drug-likeness (QED) is 0.385. The van der Waals surface area contributed by atoms with E-state index in [1.807, 2.05) is 17.0 Å². The van der Waals surface area contributed by atoms with Gasteiger partial charge in [-0.05, 0) is 34.2 Å².